The zero-order chi connectivity index (χ0) is 31.5. The van der Waals surface area contributed by atoms with Crippen LogP contribution in [0.1, 0.15) is 74.6 Å². The van der Waals surface area contributed by atoms with Crippen molar-refractivity contribution in [1.29, 1.82) is 0 Å². The molecule has 230 valence electrons. The Morgan fingerprint density at radius 1 is 0.636 bits per heavy atom. The predicted octanol–water partition coefficient (Wildman–Crippen LogP) is 8.36. The van der Waals surface area contributed by atoms with Crippen LogP contribution in [0.15, 0.2) is 84.9 Å². The summed E-state index contributed by atoms with van der Waals surface area (Å²) in [6, 6.07) is 26.7. The van der Waals surface area contributed by atoms with Crippen LogP contribution in [0, 0.1) is 0 Å². The summed E-state index contributed by atoms with van der Waals surface area (Å²) < 4.78 is 10.2. The molecule has 0 amide bonds. The predicted molar refractivity (Wildman–Crippen MR) is 174 cm³/mol. The van der Waals surface area contributed by atoms with Crippen molar-refractivity contribution in [2.45, 2.75) is 65.2 Å². The van der Waals surface area contributed by atoms with E-state index < -0.39 is 0 Å². The fraction of sp³-hybridized carbons (Fsp3) is 0.316. The van der Waals surface area contributed by atoms with Crippen LogP contribution >= 0.6 is 0 Å². The van der Waals surface area contributed by atoms with Crippen molar-refractivity contribution < 1.29 is 29.3 Å². The Morgan fingerprint density at radius 3 is 1.55 bits per heavy atom. The fourth-order valence-electron chi connectivity index (χ4n) is 5.58. The van der Waals surface area contributed by atoms with Gasteiger partial charge in [0.15, 0.2) is 0 Å². The average molecular weight is 595 g/mol. The molecule has 0 radical (unpaired) electrons. The third-order valence-corrected chi connectivity index (χ3v) is 7.73. The Morgan fingerprint density at radius 2 is 1.11 bits per heavy atom. The van der Waals surface area contributed by atoms with Gasteiger partial charge in [-0.2, -0.15) is 0 Å². The second kappa shape index (κ2) is 15.8. The molecule has 0 heterocycles. The van der Waals surface area contributed by atoms with E-state index in [1.54, 1.807) is 26.0 Å². The Bertz CT molecular complexity index is 1460. The van der Waals surface area contributed by atoms with Crippen LogP contribution in [0.25, 0.3) is 22.3 Å². The number of rotatable bonds is 14. The summed E-state index contributed by atoms with van der Waals surface area (Å²) in [4.78, 5) is 24.2. The summed E-state index contributed by atoms with van der Waals surface area (Å²) in [6.45, 7) is 6.42. The number of hydrogen-bond acceptors (Lipinski definition) is 6. The summed E-state index contributed by atoms with van der Waals surface area (Å²) >= 11 is 0. The van der Waals surface area contributed by atoms with Gasteiger partial charge in [0, 0.05) is 17.0 Å². The maximum atomic E-state index is 12.1. The molecule has 0 unspecified atom stereocenters. The molecule has 44 heavy (non-hydrogen) atoms. The highest BCUT2D eigenvalue weighted by atomic mass is 16.5. The Kier molecular flexibility index (Phi) is 11.6. The van der Waals surface area contributed by atoms with Crippen LogP contribution in [0.3, 0.4) is 0 Å². The minimum atomic E-state index is -0.284. The molecule has 0 aliphatic carbocycles. The maximum Gasteiger partial charge on any atom is 0.310 e. The number of carbonyl (C=O) groups excluding carboxylic acids is 2. The molecule has 0 bridgehead atoms. The van der Waals surface area contributed by atoms with E-state index in [1.807, 2.05) is 72.8 Å². The first-order chi connectivity index (χ1) is 21.3. The number of aromatic hydroxyl groups is 2. The number of ether oxygens (including phenoxy) is 2. The zero-order valence-electron chi connectivity index (χ0n) is 25.8. The molecular formula is C38H42O6. The van der Waals surface area contributed by atoms with Gasteiger partial charge in [-0.15, -0.1) is 0 Å². The Balaban J connectivity index is 1.71. The van der Waals surface area contributed by atoms with Gasteiger partial charge in [0.1, 0.15) is 11.5 Å². The molecule has 4 rings (SSSR count). The van der Waals surface area contributed by atoms with Crippen LogP contribution in [0.5, 0.6) is 11.5 Å². The van der Waals surface area contributed by atoms with Crippen molar-refractivity contribution in [2.75, 3.05) is 13.2 Å². The number of benzene rings is 4. The summed E-state index contributed by atoms with van der Waals surface area (Å²) in [7, 11) is 0. The minimum absolute atomic E-state index is 0.0191. The van der Waals surface area contributed by atoms with E-state index in [2.05, 4.69) is 6.92 Å². The zero-order valence-corrected chi connectivity index (χ0v) is 25.8. The monoisotopic (exact) mass is 594 g/mol. The summed E-state index contributed by atoms with van der Waals surface area (Å²) in [5.74, 6) is -0.217. The molecular weight excluding hydrogens is 552 g/mol. The van der Waals surface area contributed by atoms with E-state index in [4.69, 9.17) is 9.47 Å². The molecule has 0 atom stereocenters. The molecule has 6 nitrogen and oxygen atoms in total. The fourth-order valence-corrected chi connectivity index (χ4v) is 5.58. The van der Waals surface area contributed by atoms with Gasteiger partial charge in [-0.1, -0.05) is 86.8 Å². The molecule has 0 spiro atoms. The first-order valence-corrected chi connectivity index (χ1v) is 15.5. The number of carbonyl (C=O) groups is 2. The van der Waals surface area contributed by atoms with E-state index in [-0.39, 0.29) is 42.2 Å². The molecule has 4 aromatic rings. The topological polar surface area (TPSA) is 93.1 Å². The molecule has 0 saturated heterocycles. The maximum absolute atomic E-state index is 12.1. The highest BCUT2D eigenvalue weighted by Gasteiger charge is 2.19. The highest BCUT2D eigenvalue weighted by molar-refractivity contribution is 5.77. The van der Waals surface area contributed by atoms with Gasteiger partial charge in [0.25, 0.3) is 0 Å². The van der Waals surface area contributed by atoms with Crippen LogP contribution in [-0.4, -0.2) is 35.4 Å². The van der Waals surface area contributed by atoms with Gasteiger partial charge in [-0.05, 0) is 77.9 Å². The molecule has 0 saturated carbocycles. The Labute approximate surface area is 260 Å². The van der Waals surface area contributed by atoms with Crippen molar-refractivity contribution in [3.05, 3.63) is 107 Å². The molecule has 0 aromatic heterocycles. The Hall–Kier alpha value is -4.58. The van der Waals surface area contributed by atoms with E-state index in [9.17, 15) is 19.8 Å². The van der Waals surface area contributed by atoms with Crippen molar-refractivity contribution in [1.82, 2.24) is 0 Å². The first kappa shape index (κ1) is 32.3. The smallest absolute Gasteiger partial charge is 0.310 e. The van der Waals surface area contributed by atoms with Gasteiger partial charge in [0.2, 0.25) is 0 Å². The van der Waals surface area contributed by atoms with Gasteiger partial charge in [-0.3, -0.25) is 9.59 Å². The molecule has 0 fully saturated rings. The lowest BCUT2D eigenvalue weighted by atomic mass is 9.84. The first-order valence-electron chi connectivity index (χ1n) is 15.5. The second-order valence-corrected chi connectivity index (χ2v) is 11.0. The van der Waals surface area contributed by atoms with Crippen LogP contribution in [-0.2, 0) is 31.9 Å². The van der Waals surface area contributed by atoms with Gasteiger partial charge >= 0.3 is 11.9 Å². The quantitative estimate of drug-likeness (QED) is 0.113. The van der Waals surface area contributed by atoms with E-state index in [1.165, 1.54) is 0 Å². The minimum Gasteiger partial charge on any atom is -0.507 e. The van der Waals surface area contributed by atoms with Crippen LogP contribution in [0.4, 0.5) is 0 Å². The highest BCUT2D eigenvalue weighted by Crippen LogP contribution is 2.40. The van der Waals surface area contributed by atoms with Crippen molar-refractivity contribution in [3.63, 3.8) is 0 Å². The van der Waals surface area contributed by atoms with E-state index in [0.717, 1.165) is 59.1 Å². The number of unbranched alkanes of at least 4 members (excludes halogenated alkanes) is 2. The van der Waals surface area contributed by atoms with Crippen molar-refractivity contribution >= 4 is 11.9 Å². The molecule has 2 N–H and O–H groups in total. The van der Waals surface area contributed by atoms with Crippen LogP contribution in [0.2, 0.25) is 0 Å². The average Bonchev–Trinajstić information content (AvgIpc) is 3.01. The second-order valence-electron chi connectivity index (χ2n) is 11.0. The molecule has 4 aromatic carbocycles. The molecule has 6 heteroatoms. The van der Waals surface area contributed by atoms with Crippen molar-refractivity contribution in [3.8, 4) is 33.8 Å². The van der Waals surface area contributed by atoms with Crippen LogP contribution < -0.4 is 0 Å². The summed E-state index contributed by atoms with van der Waals surface area (Å²) in [6.07, 6.45) is 4.44. The largest absolute Gasteiger partial charge is 0.507 e. The van der Waals surface area contributed by atoms with Gasteiger partial charge in [-0.25, -0.2) is 0 Å². The van der Waals surface area contributed by atoms with Crippen molar-refractivity contribution in [2.24, 2.45) is 0 Å². The molecule has 0 aliphatic heterocycles. The third kappa shape index (κ3) is 8.50. The molecule has 0 aliphatic rings. The van der Waals surface area contributed by atoms with Gasteiger partial charge in [0.05, 0.1) is 26.1 Å². The summed E-state index contributed by atoms with van der Waals surface area (Å²) in [5, 5.41) is 21.8. The number of esters is 2. The summed E-state index contributed by atoms with van der Waals surface area (Å²) in [5.41, 5.74) is 6.78. The number of hydrogen-bond donors (Lipinski definition) is 2. The normalized spacial score (nSPS) is 11.0. The lowest BCUT2D eigenvalue weighted by Gasteiger charge is -2.21. The number of phenols is 2. The van der Waals surface area contributed by atoms with E-state index >= 15 is 0 Å². The van der Waals surface area contributed by atoms with Gasteiger partial charge < -0.3 is 19.7 Å². The van der Waals surface area contributed by atoms with E-state index in [0.29, 0.717) is 24.3 Å². The standard InChI is InChI=1S/C38H42O6/c1-4-7-8-15-32(30-16-18-35(39)33(24-30)28-13-9-11-26(20-28)22-37(41)43-5-2)31-17-19-36(40)34(25-31)29-14-10-12-27(21-29)23-38(42)44-6-3/h9-14,16-21,24-25,32,39-40H,4-8,15,22-23H2,1-3H3. The SMILES string of the molecule is CCCCCC(c1ccc(O)c(-c2cccc(CC(=O)OCC)c2)c1)c1ccc(O)c(-c2cccc(CC(=O)OCC)c2)c1. The number of phenolic OH excluding ortho intramolecular Hbond substituents is 2. The third-order valence-electron chi connectivity index (χ3n) is 7.73. The lowest BCUT2D eigenvalue weighted by Crippen LogP contribution is -2.07. The lowest BCUT2D eigenvalue weighted by molar-refractivity contribution is -0.143.